The van der Waals surface area contributed by atoms with Crippen molar-refractivity contribution in [2.24, 2.45) is 22.1 Å². The number of halogens is 9. The van der Waals surface area contributed by atoms with Gasteiger partial charge < -0.3 is 11.1 Å². The van der Waals surface area contributed by atoms with Gasteiger partial charge in [-0.1, -0.05) is 43.6 Å². The zero-order valence-corrected chi connectivity index (χ0v) is 30.2. The summed E-state index contributed by atoms with van der Waals surface area (Å²) in [6, 6.07) is 8.21. The zero-order valence-electron chi connectivity index (χ0n) is 29.4. The van der Waals surface area contributed by atoms with Gasteiger partial charge in [-0.2, -0.15) is 46.4 Å². The minimum Gasteiger partial charge on any atom is -0.369 e. The van der Waals surface area contributed by atoms with Crippen LogP contribution in [0.3, 0.4) is 0 Å². The van der Waals surface area contributed by atoms with Crippen LogP contribution in [0.2, 0.25) is 5.02 Å². The molecule has 12 nitrogen and oxygen atoms in total. The maximum Gasteiger partial charge on any atom is 0.400 e. The summed E-state index contributed by atoms with van der Waals surface area (Å²) >= 11 is 6.36. The van der Waals surface area contributed by atoms with Crippen molar-refractivity contribution in [3.05, 3.63) is 77.0 Å². The van der Waals surface area contributed by atoms with E-state index in [0.717, 1.165) is 37.9 Å². The molecule has 2 aromatic carbocycles. The van der Waals surface area contributed by atoms with Crippen molar-refractivity contribution >= 4 is 29.4 Å². The second kappa shape index (κ2) is 15.9. The van der Waals surface area contributed by atoms with Gasteiger partial charge in [-0.05, 0) is 56.0 Å². The Labute approximate surface area is 313 Å². The quantitative estimate of drug-likeness (QED) is 0.0823. The molecule has 0 spiro atoms. The van der Waals surface area contributed by atoms with Gasteiger partial charge in [-0.25, -0.2) is 18.4 Å². The molecule has 296 valence electrons. The number of nitrogens with zero attached hydrogens (tertiary/aromatic N) is 8. The van der Waals surface area contributed by atoms with E-state index in [1.165, 1.54) is 30.3 Å². The predicted molar refractivity (Wildman–Crippen MR) is 183 cm³/mol. The van der Waals surface area contributed by atoms with E-state index in [1.54, 1.807) is 23.1 Å². The molecule has 2 amide bonds. The molecule has 1 aliphatic carbocycles. The van der Waals surface area contributed by atoms with Crippen LogP contribution in [-0.4, -0.2) is 77.9 Å². The van der Waals surface area contributed by atoms with Crippen molar-refractivity contribution in [1.82, 2.24) is 40.0 Å². The third-order valence-corrected chi connectivity index (χ3v) is 9.39. The summed E-state index contributed by atoms with van der Waals surface area (Å²) in [5.74, 6) is -6.39. The largest absolute Gasteiger partial charge is 0.400 e. The summed E-state index contributed by atoms with van der Waals surface area (Å²) in [5, 5.41) is 14.5. The van der Waals surface area contributed by atoms with Crippen LogP contribution in [0.1, 0.15) is 80.3 Å². The number of hydrogen-bond acceptors (Lipinski definition) is 7. The Bertz CT molecular complexity index is 2020. The highest BCUT2D eigenvalue weighted by molar-refractivity contribution is 6.32. The summed E-state index contributed by atoms with van der Waals surface area (Å²) in [7, 11) is 0. The molecule has 21 heteroatoms. The van der Waals surface area contributed by atoms with Crippen molar-refractivity contribution in [1.29, 1.82) is 0 Å². The lowest BCUT2D eigenvalue weighted by atomic mass is 9.89. The molecule has 0 unspecified atom stereocenters. The number of benzene rings is 2. The Kier molecular flexibility index (Phi) is 11.9. The fourth-order valence-electron chi connectivity index (χ4n) is 5.23. The minimum atomic E-state index is -4.95. The summed E-state index contributed by atoms with van der Waals surface area (Å²) in [6.07, 6.45) is -9.02. The van der Waals surface area contributed by atoms with Crippen LogP contribution in [0.5, 0.6) is 0 Å². The SMILES string of the molecule is C[C@H](C(=O)NC[C@H](c1ccc(Cl)c(-n2ncnc2C(F)F)c1)N(C(=O)c1ccc(-c2cnn(C3CC3)n2)cc1)C(N)=NCCC(C)(C)C(F)(F)F)C(F)(F)F. The third kappa shape index (κ3) is 9.40. The fraction of sp³-hybridized carbons (Fsp3) is 0.441. The monoisotopic (exact) mass is 802 g/mol. The van der Waals surface area contributed by atoms with Crippen LogP contribution in [0.4, 0.5) is 35.1 Å². The zero-order chi connectivity index (χ0) is 40.5. The van der Waals surface area contributed by atoms with Gasteiger partial charge >= 0.3 is 12.4 Å². The van der Waals surface area contributed by atoms with Crippen LogP contribution >= 0.6 is 11.6 Å². The van der Waals surface area contributed by atoms with E-state index in [0.29, 0.717) is 22.9 Å². The average molecular weight is 803 g/mol. The Morgan fingerprint density at radius 1 is 1.05 bits per heavy atom. The molecule has 3 N–H and O–H groups in total. The molecule has 4 aromatic rings. The number of carbonyl (C=O) groups excluding carboxylic acids is 2. The highest BCUT2D eigenvalue weighted by Gasteiger charge is 2.47. The first-order valence-electron chi connectivity index (χ1n) is 16.7. The molecule has 0 radical (unpaired) electrons. The molecule has 0 saturated heterocycles. The number of nitrogens with two attached hydrogens (primary N) is 1. The van der Waals surface area contributed by atoms with Gasteiger partial charge in [-0.3, -0.25) is 19.5 Å². The van der Waals surface area contributed by atoms with Crippen LogP contribution in [0, 0.1) is 11.3 Å². The maximum atomic E-state index is 14.4. The van der Waals surface area contributed by atoms with Crippen molar-refractivity contribution in [3.63, 3.8) is 0 Å². The van der Waals surface area contributed by atoms with E-state index >= 15 is 0 Å². The third-order valence-electron chi connectivity index (χ3n) is 9.07. The highest BCUT2D eigenvalue weighted by Crippen LogP contribution is 2.40. The topological polar surface area (TPSA) is 149 Å². The van der Waals surface area contributed by atoms with Gasteiger partial charge in [0.15, 0.2) is 11.8 Å². The lowest BCUT2D eigenvalue weighted by Gasteiger charge is -2.33. The second-order valence-electron chi connectivity index (χ2n) is 13.5. The first kappa shape index (κ1) is 41.0. The van der Waals surface area contributed by atoms with E-state index in [-0.39, 0.29) is 27.9 Å². The van der Waals surface area contributed by atoms with E-state index in [1.807, 2.05) is 0 Å². The molecule has 1 saturated carbocycles. The molecule has 1 fully saturated rings. The number of hydrogen-bond donors (Lipinski definition) is 2. The number of rotatable bonds is 13. The summed E-state index contributed by atoms with van der Waals surface area (Å²) in [6.45, 7) is 1.19. The Morgan fingerprint density at radius 3 is 2.33 bits per heavy atom. The van der Waals surface area contributed by atoms with Gasteiger partial charge in [0.05, 0.1) is 34.4 Å². The molecular formula is C34H35ClF8N10O2. The van der Waals surface area contributed by atoms with Crippen LogP contribution in [-0.2, 0) is 4.79 Å². The Hall–Kier alpha value is -5.14. The van der Waals surface area contributed by atoms with Crippen LogP contribution in [0.25, 0.3) is 16.9 Å². The standard InChI is InChI=1S/C34H35ClF8N10O2/c1-18(33(38,39)40)29(54)46-16-26(21-8-11-23(35)25(14-21)52-28(27(36)37)47-17-49-52)51(31(44)45-13-12-32(2,3)34(41,42)43)30(55)20-6-4-19(5-7-20)24-15-48-53(50-24)22-9-10-22/h4-8,11,14-15,17-18,22,26-27H,9-10,12-13,16H2,1-3H3,(H2,44,45)(H,46,54)/t18-,26-/m1/s1. The first-order valence-corrected chi connectivity index (χ1v) is 17.1. The fourth-order valence-corrected chi connectivity index (χ4v) is 5.42. The van der Waals surface area contributed by atoms with E-state index < -0.39 is 79.3 Å². The number of amides is 2. The number of alkyl halides is 8. The van der Waals surface area contributed by atoms with Gasteiger partial charge in [0, 0.05) is 24.2 Å². The number of carbonyl (C=O) groups is 2. The number of guanidine groups is 1. The van der Waals surface area contributed by atoms with Crippen molar-refractivity contribution < 1.29 is 44.7 Å². The molecule has 5 rings (SSSR count). The molecule has 2 atom stereocenters. The van der Waals surface area contributed by atoms with Gasteiger partial charge in [-0.15, -0.1) is 0 Å². The Morgan fingerprint density at radius 2 is 1.73 bits per heavy atom. The molecule has 55 heavy (non-hydrogen) atoms. The van der Waals surface area contributed by atoms with Crippen LogP contribution in [0.15, 0.2) is 60.0 Å². The van der Waals surface area contributed by atoms with Crippen molar-refractivity contribution in [3.8, 4) is 16.9 Å². The molecule has 2 aromatic heterocycles. The predicted octanol–water partition coefficient (Wildman–Crippen LogP) is 7.24. The molecular weight excluding hydrogens is 768 g/mol. The van der Waals surface area contributed by atoms with Gasteiger partial charge in [0.1, 0.15) is 17.9 Å². The minimum absolute atomic E-state index is 0.0227. The molecule has 1 aliphatic rings. The van der Waals surface area contributed by atoms with Gasteiger partial charge in [0.2, 0.25) is 5.91 Å². The summed E-state index contributed by atoms with van der Waals surface area (Å²) < 4.78 is 110. The Balaban J connectivity index is 1.60. The number of nitrogens with one attached hydrogen (secondary N) is 1. The highest BCUT2D eigenvalue weighted by atomic mass is 35.5. The maximum absolute atomic E-state index is 14.4. The lowest BCUT2D eigenvalue weighted by Crippen LogP contribution is -2.49. The lowest BCUT2D eigenvalue weighted by molar-refractivity contribution is -0.212. The normalized spacial score (nSPS) is 15.3. The average Bonchev–Trinajstić information content (AvgIpc) is 3.62. The van der Waals surface area contributed by atoms with Crippen molar-refractivity contribution in [2.45, 2.75) is 70.9 Å². The number of aliphatic imine (C=N–C) groups is 1. The van der Waals surface area contributed by atoms with Crippen LogP contribution < -0.4 is 11.1 Å². The molecule has 0 aliphatic heterocycles. The van der Waals surface area contributed by atoms with E-state index in [2.05, 4.69) is 30.6 Å². The van der Waals surface area contributed by atoms with E-state index in [4.69, 9.17) is 17.3 Å². The molecule has 2 heterocycles. The first-order chi connectivity index (χ1) is 25.7. The van der Waals surface area contributed by atoms with Crippen molar-refractivity contribution in [2.75, 3.05) is 13.1 Å². The number of aromatic nitrogens is 6. The second-order valence-corrected chi connectivity index (χ2v) is 13.9. The van der Waals surface area contributed by atoms with Gasteiger partial charge in [0.25, 0.3) is 12.3 Å². The molecule has 0 bridgehead atoms. The smallest absolute Gasteiger partial charge is 0.369 e. The summed E-state index contributed by atoms with van der Waals surface area (Å²) in [4.78, 5) is 37.2. The van der Waals surface area contributed by atoms with E-state index in [9.17, 15) is 44.7 Å². The summed E-state index contributed by atoms with van der Waals surface area (Å²) in [5.41, 5.74) is 4.93.